The van der Waals surface area contributed by atoms with Crippen LogP contribution in [0.25, 0.3) is 16.8 Å². The summed E-state index contributed by atoms with van der Waals surface area (Å²) >= 11 is 0. The quantitative estimate of drug-likeness (QED) is 0.645. The van der Waals surface area contributed by atoms with Crippen LogP contribution in [0.5, 0.6) is 11.5 Å². The zero-order chi connectivity index (χ0) is 19.2. The number of benzene rings is 3. The fourth-order valence-electron chi connectivity index (χ4n) is 2.94. The normalized spacial score (nSPS) is 12.1. The van der Waals surface area contributed by atoms with E-state index in [1.807, 2.05) is 37.3 Å². The number of rotatable bonds is 6. The maximum atomic E-state index is 12.3. The van der Waals surface area contributed by atoms with Crippen molar-refractivity contribution in [1.29, 1.82) is 0 Å². The summed E-state index contributed by atoms with van der Waals surface area (Å²) in [5.74, 6) is 1.20. The molecule has 3 aromatic carbocycles. The molecule has 3 aromatic rings. The van der Waals surface area contributed by atoms with Gasteiger partial charge >= 0.3 is 0 Å². The summed E-state index contributed by atoms with van der Waals surface area (Å²) in [6.07, 6.45) is 3.25. The van der Waals surface area contributed by atoms with E-state index in [2.05, 4.69) is 29.6 Å². The molecule has 0 spiro atoms. The van der Waals surface area contributed by atoms with Crippen LogP contribution in [0.4, 0.5) is 0 Å². The minimum atomic E-state index is -0.159. The number of hydrogen-bond acceptors (Lipinski definition) is 3. The van der Waals surface area contributed by atoms with Gasteiger partial charge in [-0.15, -0.1) is 0 Å². The maximum Gasteiger partial charge on any atom is 0.244 e. The summed E-state index contributed by atoms with van der Waals surface area (Å²) in [6, 6.07) is 19.8. The number of ether oxygens (including phenoxy) is 2. The Morgan fingerprint density at radius 1 is 0.963 bits per heavy atom. The lowest BCUT2D eigenvalue weighted by molar-refractivity contribution is -0.117. The van der Waals surface area contributed by atoms with Crippen LogP contribution in [0.2, 0.25) is 0 Å². The molecule has 4 nitrogen and oxygen atoms in total. The Morgan fingerprint density at radius 2 is 1.74 bits per heavy atom. The summed E-state index contributed by atoms with van der Waals surface area (Å²) in [7, 11) is 3.19. The minimum Gasteiger partial charge on any atom is -0.497 e. The van der Waals surface area contributed by atoms with Gasteiger partial charge in [0.1, 0.15) is 11.5 Å². The number of hydrogen-bond donors (Lipinski definition) is 1. The van der Waals surface area contributed by atoms with Gasteiger partial charge in [-0.1, -0.05) is 36.4 Å². The van der Waals surface area contributed by atoms with E-state index in [0.29, 0.717) is 11.5 Å². The zero-order valence-electron chi connectivity index (χ0n) is 15.7. The first-order chi connectivity index (χ1) is 13.1. The smallest absolute Gasteiger partial charge is 0.244 e. The molecule has 4 heteroatoms. The molecule has 3 rings (SSSR count). The van der Waals surface area contributed by atoms with Gasteiger partial charge < -0.3 is 14.8 Å². The molecule has 1 N–H and O–H groups in total. The molecule has 0 aliphatic heterocycles. The SMILES string of the molecule is COc1ccc(C=CC(=O)N[C@@H](C)c2ccc3ccccc3c2)c(OC)c1. The summed E-state index contributed by atoms with van der Waals surface area (Å²) < 4.78 is 10.5. The van der Waals surface area contributed by atoms with E-state index in [0.717, 1.165) is 16.5 Å². The second kappa shape index (κ2) is 8.41. The monoisotopic (exact) mass is 361 g/mol. The Kier molecular flexibility index (Phi) is 5.77. The molecule has 138 valence electrons. The molecule has 0 unspecified atom stereocenters. The standard InChI is InChI=1S/C23H23NO3/c1-16(19-9-8-17-6-4-5-7-20(17)14-19)24-23(25)13-11-18-10-12-21(26-2)15-22(18)27-3/h4-16H,1-3H3,(H,24,25)/t16-/m0/s1. The Bertz CT molecular complexity index is 978. The molecule has 0 radical (unpaired) electrons. The molecule has 0 fully saturated rings. The van der Waals surface area contributed by atoms with Gasteiger partial charge in [0.05, 0.1) is 20.3 Å². The van der Waals surface area contributed by atoms with E-state index in [4.69, 9.17) is 9.47 Å². The molecule has 0 aromatic heterocycles. The van der Waals surface area contributed by atoms with Gasteiger partial charge in [-0.2, -0.15) is 0 Å². The zero-order valence-corrected chi connectivity index (χ0v) is 15.7. The van der Waals surface area contributed by atoms with Crippen molar-refractivity contribution < 1.29 is 14.3 Å². The second-order valence-corrected chi connectivity index (χ2v) is 6.28. The predicted molar refractivity (Wildman–Crippen MR) is 109 cm³/mol. The van der Waals surface area contributed by atoms with Crippen molar-refractivity contribution in [2.45, 2.75) is 13.0 Å². The molecule has 1 atom stereocenters. The van der Waals surface area contributed by atoms with Gasteiger partial charge in [-0.05, 0) is 47.5 Å². The highest BCUT2D eigenvalue weighted by Gasteiger charge is 2.09. The molecule has 0 aliphatic carbocycles. The van der Waals surface area contributed by atoms with Gasteiger partial charge in [0.25, 0.3) is 0 Å². The van der Waals surface area contributed by atoms with E-state index >= 15 is 0 Å². The van der Waals surface area contributed by atoms with Crippen LogP contribution in [0.1, 0.15) is 24.1 Å². The van der Waals surface area contributed by atoms with E-state index in [-0.39, 0.29) is 11.9 Å². The number of carbonyl (C=O) groups excluding carboxylic acids is 1. The van der Waals surface area contributed by atoms with Crippen molar-refractivity contribution in [3.8, 4) is 11.5 Å². The predicted octanol–water partition coefficient (Wildman–Crippen LogP) is 4.75. The number of methoxy groups -OCH3 is 2. The Morgan fingerprint density at radius 3 is 2.48 bits per heavy atom. The topological polar surface area (TPSA) is 47.6 Å². The van der Waals surface area contributed by atoms with Crippen LogP contribution in [0.3, 0.4) is 0 Å². The number of amides is 1. The minimum absolute atomic E-state index is 0.0930. The van der Waals surface area contributed by atoms with E-state index < -0.39 is 0 Å². The number of carbonyl (C=O) groups is 1. The fourth-order valence-corrected chi connectivity index (χ4v) is 2.94. The third-order valence-electron chi connectivity index (χ3n) is 4.49. The first-order valence-corrected chi connectivity index (χ1v) is 8.80. The molecule has 0 saturated carbocycles. The van der Waals surface area contributed by atoms with Crippen LogP contribution in [0, 0.1) is 0 Å². The molecule has 27 heavy (non-hydrogen) atoms. The summed E-state index contributed by atoms with van der Waals surface area (Å²) in [5.41, 5.74) is 1.88. The molecule has 0 aliphatic rings. The third-order valence-corrected chi connectivity index (χ3v) is 4.49. The number of fused-ring (bicyclic) bond motifs is 1. The summed E-state index contributed by atoms with van der Waals surface area (Å²) in [6.45, 7) is 1.98. The Hall–Kier alpha value is -3.27. The summed E-state index contributed by atoms with van der Waals surface area (Å²) in [4.78, 5) is 12.3. The first-order valence-electron chi connectivity index (χ1n) is 8.80. The fraction of sp³-hybridized carbons (Fsp3) is 0.174. The lowest BCUT2D eigenvalue weighted by Crippen LogP contribution is -2.24. The number of nitrogens with one attached hydrogen (secondary N) is 1. The van der Waals surface area contributed by atoms with Gasteiger partial charge in [0, 0.05) is 17.7 Å². The van der Waals surface area contributed by atoms with Crippen LogP contribution < -0.4 is 14.8 Å². The largest absolute Gasteiger partial charge is 0.497 e. The molecule has 0 saturated heterocycles. The second-order valence-electron chi connectivity index (χ2n) is 6.28. The van der Waals surface area contributed by atoms with Gasteiger partial charge in [0.15, 0.2) is 0 Å². The van der Waals surface area contributed by atoms with Crippen LogP contribution >= 0.6 is 0 Å². The van der Waals surface area contributed by atoms with Crippen molar-refractivity contribution >= 4 is 22.8 Å². The first kappa shape index (κ1) is 18.5. The van der Waals surface area contributed by atoms with Gasteiger partial charge in [-0.25, -0.2) is 0 Å². The van der Waals surface area contributed by atoms with Crippen molar-refractivity contribution in [3.63, 3.8) is 0 Å². The van der Waals surface area contributed by atoms with Crippen LogP contribution in [-0.4, -0.2) is 20.1 Å². The van der Waals surface area contributed by atoms with Crippen molar-refractivity contribution in [2.75, 3.05) is 14.2 Å². The van der Waals surface area contributed by atoms with Gasteiger partial charge in [0.2, 0.25) is 5.91 Å². The highest BCUT2D eigenvalue weighted by molar-refractivity contribution is 5.92. The highest BCUT2D eigenvalue weighted by Crippen LogP contribution is 2.25. The lowest BCUT2D eigenvalue weighted by Gasteiger charge is -2.14. The van der Waals surface area contributed by atoms with Crippen molar-refractivity contribution in [1.82, 2.24) is 5.32 Å². The van der Waals surface area contributed by atoms with Crippen LogP contribution in [-0.2, 0) is 4.79 Å². The average Bonchev–Trinajstić information content (AvgIpc) is 2.71. The maximum absolute atomic E-state index is 12.3. The van der Waals surface area contributed by atoms with Crippen LogP contribution in [0.15, 0.2) is 66.7 Å². The molecular weight excluding hydrogens is 338 g/mol. The van der Waals surface area contributed by atoms with E-state index in [1.54, 1.807) is 26.4 Å². The Labute approximate surface area is 159 Å². The van der Waals surface area contributed by atoms with Crippen molar-refractivity contribution in [2.24, 2.45) is 0 Å². The molecule has 0 heterocycles. The molecule has 0 bridgehead atoms. The lowest BCUT2D eigenvalue weighted by atomic mass is 10.0. The average molecular weight is 361 g/mol. The summed E-state index contributed by atoms with van der Waals surface area (Å²) in [5, 5.41) is 5.35. The van der Waals surface area contributed by atoms with E-state index in [9.17, 15) is 4.79 Å². The van der Waals surface area contributed by atoms with Crippen molar-refractivity contribution in [3.05, 3.63) is 77.9 Å². The molecule has 1 amide bonds. The Balaban J connectivity index is 1.70. The molecular formula is C23H23NO3. The third kappa shape index (κ3) is 4.47. The van der Waals surface area contributed by atoms with Gasteiger partial charge in [-0.3, -0.25) is 4.79 Å². The van der Waals surface area contributed by atoms with E-state index in [1.165, 1.54) is 11.5 Å². The highest BCUT2D eigenvalue weighted by atomic mass is 16.5.